The molecule has 0 spiro atoms. The Bertz CT molecular complexity index is 493. The lowest BCUT2D eigenvalue weighted by molar-refractivity contribution is 0.138. The average molecular weight is 231 g/mol. The summed E-state index contributed by atoms with van der Waals surface area (Å²) in [6.45, 7) is 4.51. The number of anilines is 1. The Morgan fingerprint density at radius 2 is 2.06 bits per heavy atom. The second-order valence-corrected chi connectivity index (χ2v) is 4.47. The molecule has 0 radical (unpaired) electrons. The van der Waals surface area contributed by atoms with Gasteiger partial charge in [-0.25, -0.2) is 0 Å². The van der Waals surface area contributed by atoms with Crippen molar-refractivity contribution in [2.24, 2.45) is 5.92 Å². The third-order valence-electron chi connectivity index (χ3n) is 2.82. The average Bonchev–Trinajstić information content (AvgIpc) is 2.35. The van der Waals surface area contributed by atoms with Crippen LogP contribution in [0.4, 0.5) is 5.69 Å². The molecule has 0 fully saturated rings. The van der Waals surface area contributed by atoms with E-state index >= 15 is 0 Å². The van der Waals surface area contributed by atoms with Gasteiger partial charge >= 0.3 is 0 Å². The Kier molecular flexibility index (Phi) is 3.54. The van der Waals surface area contributed by atoms with E-state index in [9.17, 15) is 5.11 Å². The third-order valence-corrected chi connectivity index (χ3v) is 2.82. The van der Waals surface area contributed by atoms with Gasteiger partial charge in [0.25, 0.3) is 0 Å². The molecule has 4 heteroatoms. The molecule has 0 saturated heterocycles. The summed E-state index contributed by atoms with van der Waals surface area (Å²) in [5, 5.41) is 22.0. The molecule has 1 atom stereocenters. The van der Waals surface area contributed by atoms with Gasteiger partial charge < -0.3 is 10.4 Å². The van der Waals surface area contributed by atoms with Crippen LogP contribution in [0, 0.1) is 5.92 Å². The molecule has 0 aliphatic rings. The van der Waals surface area contributed by atoms with Gasteiger partial charge in [0.05, 0.1) is 23.5 Å². The van der Waals surface area contributed by atoms with Crippen molar-refractivity contribution < 1.29 is 5.11 Å². The van der Waals surface area contributed by atoms with Gasteiger partial charge in [0.15, 0.2) is 0 Å². The van der Waals surface area contributed by atoms with Crippen LogP contribution in [0.3, 0.4) is 0 Å². The molecule has 1 heterocycles. The predicted octanol–water partition coefficient (Wildman–Crippen LogP) is 2.06. The topological polar surface area (TPSA) is 58.0 Å². The highest BCUT2D eigenvalue weighted by atomic mass is 16.3. The molecule has 2 rings (SSSR count). The van der Waals surface area contributed by atoms with E-state index in [4.69, 9.17) is 0 Å². The molecule has 17 heavy (non-hydrogen) atoms. The maximum Gasteiger partial charge on any atom is 0.0950 e. The maximum atomic E-state index is 9.76. The zero-order valence-electron chi connectivity index (χ0n) is 10.1. The molecule has 90 valence electrons. The van der Waals surface area contributed by atoms with Crippen LogP contribution in [-0.2, 0) is 0 Å². The second kappa shape index (κ2) is 5.10. The minimum absolute atomic E-state index is 0.239. The van der Waals surface area contributed by atoms with Crippen LogP contribution in [0.15, 0.2) is 30.5 Å². The first-order valence-electron chi connectivity index (χ1n) is 5.81. The number of aromatic nitrogens is 2. The molecule has 0 bridgehead atoms. The van der Waals surface area contributed by atoms with E-state index in [-0.39, 0.29) is 12.0 Å². The number of rotatable bonds is 4. The fraction of sp³-hybridized carbons (Fsp3) is 0.385. The standard InChI is InChI=1S/C13H17N3O/c1-9(2)13(17)8-14-12-7-15-16-11-6-4-3-5-10(11)12/h3-7,9,13,17H,8H2,1-2H3,(H,14,16). The Morgan fingerprint density at radius 1 is 1.29 bits per heavy atom. The number of fused-ring (bicyclic) bond motifs is 1. The largest absolute Gasteiger partial charge is 0.391 e. The highest BCUT2D eigenvalue weighted by Crippen LogP contribution is 2.19. The van der Waals surface area contributed by atoms with Crippen molar-refractivity contribution in [2.45, 2.75) is 20.0 Å². The zero-order chi connectivity index (χ0) is 12.3. The van der Waals surface area contributed by atoms with Crippen molar-refractivity contribution in [3.05, 3.63) is 30.5 Å². The molecular weight excluding hydrogens is 214 g/mol. The number of nitrogens with one attached hydrogen (secondary N) is 1. The van der Waals surface area contributed by atoms with Crippen molar-refractivity contribution in [2.75, 3.05) is 11.9 Å². The van der Waals surface area contributed by atoms with Gasteiger partial charge in [-0.05, 0) is 12.0 Å². The summed E-state index contributed by atoms with van der Waals surface area (Å²) in [4.78, 5) is 0. The summed E-state index contributed by atoms with van der Waals surface area (Å²) in [5.74, 6) is 0.239. The predicted molar refractivity (Wildman–Crippen MR) is 68.9 cm³/mol. The highest BCUT2D eigenvalue weighted by Gasteiger charge is 2.09. The summed E-state index contributed by atoms with van der Waals surface area (Å²) in [5.41, 5.74) is 1.77. The molecule has 4 nitrogen and oxygen atoms in total. The summed E-state index contributed by atoms with van der Waals surface area (Å²) >= 11 is 0. The van der Waals surface area contributed by atoms with Crippen LogP contribution < -0.4 is 5.32 Å². The Morgan fingerprint density at radius 3 is 2.82 bits per heavy atom. The van der Waals surface area contributed by atoms with E-state index in [1.165, 1.54) is 0 Å². The monoisotopic (exact) mass is 231 g/mol. The number of nitrogens with zero attached hydrogens (tertiary/aromatic N) is 2. The Hall–Kier alpha value is -1.68. The van der Waals surface area contributed by atoms with E-state index in [0.29, 0.717) is 6.54 Å². The van der Waals surface area contributed by atoms with Crippen LogP contribution in [0.25, 0.3) is 10.9 Å². The SMILES string of the molecule is CC(C)C(O)CNc1cnnc2ccccc12. The van der Waals surface area contributed by atoms with E-state index in [1.54, 1.807) is 6.20 Å². The Labute approximate surface area is 101 Å². The maximum absolute atomic E-state index is 9.76. The first-order chi connectivity index (χ1) is 8.18. The van der Waals surface area contributed by atoms with Crippen LogP contribution in [0.5, 0.6) is 0 Å². The molecule has 2 N–H and O–H groups in total. The number of hydrogen-bond acceptors (Lipinski definition) is 4. The lowest BCUT2D eigenvalue weighted by Crippen LogP contribution is -2.24. The molecular formula is C13H17N3O. The van der Waals surface area contributed by atoms with Crippen molar-refractivity contribution in [1.82, 2.24) is 10.2 Å². The van der Waals surface area contributed by atoms with Crippen LogP contribution >= 0.6 is 0 Å². The second-order valence-electron chi connectivity index (χ2n) is 4.47. The summed E-state index contributed by atoms with van der Waals surface area (Å²) < 4.78 is 0. The summed E-state index contributed by atoms with van der Waals surface area (Å²) in [6, 6.07) is 7.82. The summed E-state index contributed by atoms with van der Waals surface area (Å²) in [7, 11) is 0. The van der Waals surface area contributed by atoms with E-state index in [0.717, 1.165) is 16.6 Å². The van der Waals surface area contributed by atoms with E-state index in [2.05, 4.69) is 15.5 Å². The highest BCUT2D eigenvalue weighted by molar-refractivity contribution is 5.90. The summed E-state index contributed by atoms with van der Waals surface area (Å²) in [6.07, 6.45) is 1.33. The quantitative estimate of drug-likeness (QED) is 0.845. The molecule has 1 aromatic carbocycles. The zero-order valence-corrected chi connectivity index (χ0v) is 10.1. The lowest BCUT2D eigenvalue weighted by atomic mass is 10.1. The fourth-order valence-corrected chi connectivity index (χ4v) is 1.60. The smallest absolute Gasteiger partial charge is 0.0950 e. The minimum atomic E-state index is -0.359. The van der Waals surface area contributed by atoms with Crippen molar-refractivity contribution >= 4 is 16.6 Å². The number of benzene rings is 1. The normalized spacial score (nSPS) is 12.9. The van der Waals surface area contributed by atoms with Crippen molar-refractivity contribution in [1.29, 1.82) is 0 Å². The van der Waals surface area contributed by atoms with Gasteiger partial charge in [0.1, 0.15) is 0 Å². The van der Waals surface area contributed by atoms with Gasteiger partial charge in [-0.1, -0.05) is 32.0 Å². The van der Waals surface area contributed by atoms with Crippen LogP contribution in [-0.4, -0.2) is 28.0 Å². The number of aliphatic hydroxyl groups is 1. The minimum Gasteiger partial charge on any atom is -0.391 e. The van der Waals surface area contributed by atoms with Gasteiger partial charge in [0.2, 0.25) is 0 Å². The molecule has 0 amide bonds. The first kappa shape index (κ1) is 11.8. The van der Waals surface area contributed by atoms with E-state index in [1.807, 2.05) is 38.1 Å². The van der Waals surface area contributed by atoms with Crippen molar-refractivity contribution in [3.63, 3.8) is 0 Å². The molecule has 1 unspecified atom stereocenters. The number of hydrogen-bond donors (Lipinski definition) is 2. The van der Waals surface area contributed by atoms with E-state index < -0.39 is 0 Å². The molecule has 1 aromatic heterocycles. The molecule has 0 saturated carbocycles. The lowest BCUT2D eigenvalue weighted by Gasteiger charge is -2.16. The van der Waals surface area contributed by atoms with Gasteiger partial charge in [-0.15, -0.1) is 0 Å². The molecule has 0 aliphatic heterocycles. The third kappa shape index (κ3) is 2.71. The number of aliphatic hydroxyl groups excluding tert-OH is 1. The fourth-order valence-electron chi connectivity index (χ4n) is 1.60. The van der Waals surface area contributed by atoms with Crippen LogP contribution in [0.1, 0.15) is 13.8 Å². The van der Waals surface area contributed by atoms with Crippen LogP contribution in [0.2, 0.25) is 0 Å². The van der Waals surface area contributed by atoms with Gasteiger partial charge in [-0.3, -0.25) is 0 Å². The molecule has 2 aromatic rings. The molecule has 0 aliphatic carbocycles. The Balaban J connectivity index is 2.19. The van der Waals surface area contributed by atoms with Gasteiger partial charge in [0, 0.05) is 11.9 Å². The first-order valence-corrected chi connectivity index (χ1v) is 5.81. The van der Waals surface area contributed by atoms with Crippen molar-refractivity contribution in [3.8, 4) is 0 Å². The van der Waals surface area contributed by atoms with Gasteiger partial charge in [-0.2, -0.15) is 10.2 Å².